The Labute approximate surface area is 186 Å². The summed E-state index contributed by atoms with van der Waals surface area (Å²) in [4.78, 5) is 39.4. The molecule has 3 N–H and O–H groups in total. The Hall–Kier alpha value is -3.16. The molecule has 32 heavy (non-hydrogen) atoms. The average molecular weight is 439 g/mol. The molecule has 1 heterocycles. The van der Waals surface area contributed by atoms with Crippen molar-refractivity contribution in [3.05, 3.63) is 62.3 Å². The van der Waals surface area contributed by atoms with Crippen molar-refractivity contribution in [1.29, 1.82) is 5.41 Å². The molecule has 2 aliphatic rings. The van der Waals surface area contributed by atoms with E-state index >= 15 is 0 Å². The monoisotopic (exact) mass is 438 g/mol. The molecule has 2 saturated carbocycles. The number of amides is 1. The van der Waals surface area contributed by atoms with Crippen LogP contribution in [-0.2, 0) is 0 Å². The summed E-state index contributed by atoms with van der Waals surface area (Å²) in [6.45, 7) is 0. The second kappa shape index (κ2) is 9.54. The lowest BCUT2D eigenvalue weighted by atomic mass is 9.94. The van der Waals surface area contributed by atoms with Crippen molar-refractivity contribution in [2.24, 2.45) is 0 Å². The molecule has 0 radical (unpaired) electrons. The Morgan fingerprint density at radius 2 is 1.41 bits per heavy atom. The summed E-state index contributed by atoms with van der Waals surface area (Å²) in [6.07, 6.45) is 8.78. The molecule has 0 saturated heterocycles. The van der Waals surface area contributed by atoms with Crippen molar-refractivity contribution in [3.63, 3.8) is 0 Å². The lowest BCUT2D eigenvalue weighted by molar-refractivity contribution is 0.0977. The highest BCUT2D eigenvalue weighted by Crippen LogP contribution is 2.32. The van der Waals surface area contributed by atoms with Crippen LogP contribution in [0.1, 0.15) is 92.2 Å². The molecule has 2 aromatic rings. The summed E-state index contributed by atoms with van der Waals surface area (Å²) in [5, 5.41) is 21.9. The summed E-state index contributed by atoms with van der Waals surface area (Å²) >= 11 is 0. The molecule has 1 aromatic heterocycles. The number of carbonyl (C=O) groups is 1. The first-order valence-electron chi connectivity index (χ1n) is 11.5. The van der Waals surface area contributed by atoms with Gasteiger partial charge in [0.1, 0.15) is 11.4 Å². The summed E-state index contributed by atoms with van der Waals surface area (Å²) in [7, 11) is 0. The van der Waals surface area contributed by atoms with E-state index in [0.717, 1.165) is 51.4 Å². The minimum atomic E-state index is -0.704. The van der Waals surface area contributed by atoms with Gasteiger partial charge in [0.25, 0.3) is 11.5 Å². The number of nitrogens with one attached hydrogen (secondary N) is 2. The van der Waals surface area contributed by atoms with E-state index in [-0.39, 0.29) is 17.6 Å². The molecule has 0 unspecified atom stereocenters. The summed E-state index contributed by atoms with van der Waals surface area (Å²) in [5.41, 5.74) is -1.18. The van der Waals surface area contributed by atoms with Gasteiger partial charge in [-0.25, -0.2) is 4.79 Å². The average Bonchev–Trinajstić information content (AvgIpc) is 2.81. The van der Waals surface area contributed by atoms with Gasteiger partial charge >= 0.3 is 5.69 Å². The van der Waals surface area contributed by atoms with Gasteiger partial charge in [-0.05, 0) is 37.8 Å². The zero-order valence-electron chi connectivity index (χ0n) is 18.2. The summed E-state index contributed by atoms with van der Waals surface area (Å²) in [6, 6.07) is 7.91. The van der Waals surface area contributed by atoms with Crippen LogP contribution in [0, 0.1) is 5.41 Å². The van der Waals surface area contributed by atoms with Crippen molar-refractivity contribution >= 4 is 11.7 Å². The fourth-order valence-electron chi connectivity index (χ4n) is 5.02. The maximum atomic E-state index is 13.4. The van der Waals surface area contributed by atoms with E-state index in [1.165, 1.54) is 9.13 Å². The van der Waals surface area contributed by atoms with Crippen LogP contribution < -0.4 is 16.6 Å². The van der Waals surface area contributed by atoms with Gasteiger partial charge in [-0.1, -0.05) is 56.7 Å². The van der Waals surface area contributed by atoms with Crippen LogP contribution in [0.5, 0.6) is 5.88 Å². The van der Waals surface area contributed by atoms with Crippen LogP contribution in [0.4, 0.5) is 0 Å². The van der Waals surface area contributed by atoms with Gasteiger partial charge in [0.2, 0.25) is 5.88 Å². The third-order valence-corrected chi connectivity index (χ3v) is 6.70. The van der Waals surface area contributed by atoms with Crippen LogP contribution in [0.15, 0.2) is 39.9 Å². The second-order valence-corrected chi connectivity index (χ2v) is 8.81. The smallest absolute Gasteiger partial charge is 0.334 e. The van der Waals surface area contributed by atoms with Gasteiger partial charge in [0.15, 0.2) is 0 Å². The second-order valence-electron chi connectivity index (χ2n) is 8.81. The maximum Gasteiger partial charge on any atom is 0.334 e. The molecule has 2 aliphatic carbocycles. The van der Waals surface area contributed by atoms with E-state index in [1.54, 1.807) is 30.3 Å². The van der Waals surface area contributed by atoms with Crippen LogP contribution in [-0.4, -0.2) is 26.0 Å². The van der Waals surface area contributed by atoms with Gasteiger partial charge in [0, 0.05) is 17.6 Å². The van der Waals surface area contributed by atoms with E-state index in [0.29, 0.717) is 18.4 Å². The Balaban J connectivity index is 1.79. The minimum Gasteiger partial charge on any atom is -0.494 e. The van der Waals surface area contributed by atoms with Crippen LogP contribution >= 0.6 is 0 Å². The topological polar surface area (TPSA) is 117 Å². The maximum absolute atomic E-state index is 13.4. The Morgan fingerprint density at radius 3 is 1.97 bits per heavy atom. The predicted molar refractivity (Wildman–Crippen MR) is 122 cm³/mol. The van der Waals surface area contributed by atoms with Crippen LogP contribution in [0.3, 0.4) is 0 Å². The van der Waals surface area contributed by atoms with E-state index in [4.69, 9.17) is 5.41 Å². The quantitative estimate of drug-likeness (QED) is 0.500. The molecule has 0 aliphatic heterocycles. The number of nitrogens with zero attached hydrogens (tertiary/aromatic N) is 2. The highest BCUT2D eigenvalue weighted by Gasteiger charge is 2.30. The van der Waals surface area contributed by atoms with Gasteiger partial charge in [-0.2, -0.15) is 0 Å². The molecule has 0 bridgehead atoms. The van der Waals surface area contributed by atoms with Crippen molar-refractivity contribution in [3.8, 4) is 5.88 Å². The largest absolute Gasteiger partial charge is 0.494 e. The third kappa shape index (κ3) is 4.26. The van der Waals surface area contributed by atoms with Crippen molar-refractivity contribution in [2.45, 2.75) is 76.3 Å². The van der Waals surface area contributed by atoms with E-state index < -0.39 is 28.9 Å². The Kier molecular flexibility index (Phi) is 6.58. The van der Waals surface area contributed by atoms with Crippen molar-refractivity contribution < 1.29 is 9.90 Å². The summed E-state index contributed by atoms with van der Waals surface area (Å²) in [5.74, 6) is -1.55. The molecule has 8 heteroatoms. The molecule has 8 nitrogen and oxygen atoms in total. The first-order chi connectivity index (χ1) is 15.5. The van der Waals surface area contributed by atoms with Crippen LogP contribution in [0.25, 0.3) is 0 Å². The van der Waals surface area contributed by atoms with Crippen molar-refractivity contribution in [2.75, 3.05) is 0 Å². The number of hydrogen-bond acceptors (Lipinski definition) is 5. The van der Waals surface area contributed by atoms with Crippen LogP contribution in [0.2, 0.25) is 0 Å². The number of amidine groups is 1. The normalized spacial score (nSPS) is 17.8. The molecule has 0 spiro atoms. The molecule has 1 aromatic carbocycles. The fraction of sp³-hybridized carbons (Fsp3) is 0.500. The van der Waals surface area contributed by atoms with Gasteiger partial charge in [-0.3, -0.25) is 24.1 Å². The van der Waals surface area contributed by atoms with Gasteiger partial charge < -0.3 is 10.4 Å². The standard InChI is InChI=1S/C24H30N4O4/c25-20(26-21(29)16-10-4-1-5-11-16)19-22(30)27(17-12-6-2-7-13-17)24(32)28(23(19)31)18-14-8-3-9-15-18/h1,4-5,10-11,17-18,30H,2-3,6-9,12-15H2,(H2,25,26,29). The Bertz CT molecular complexity index is 1110. The van der Waals surface area contributed by atoms with E-state index in [1.807, 2.05) is 0 Å². The number of hydrogen-bond donors (Lipinski definition) is 3. The minimum absolute atomic E-state index is 0.219. The molecule has 0 atom stereocenters. The zero-order chi connectivity index (χ0) is 22.7. The summed E-state index contributed by atoms with van der Waals surface area (Å²) < 4.78 is 2.53. The lowest BCUT2D eigenvalue weighted by Gasteiger charge is -2.29. The number of aromatic hydroxyl groups is 1. The highest BCUT2D eigenvalue weighted by atomic mass is 16.3. The predicted octanol–water partition coefficient (Wildman–Crippen LogP) is 3.48. The molecule has 4 rings (SSSR count). The van der Waals surface area contributed by atoms with Gasteiger partial charge in [0.05, 0.1) is 0 Å². The van der Waals surface area contributed by atoms with Gasteiger partial charge in [-0.15, -0.1) is 0 Å². The lowest BCUT2D eigenvalue weighted by Crippen LogP contribution is -2.48. The van der Waals surface area contributed by atoms with Crippen molar-refractivity contribution in [1.82, 2.24) is 14.5 Å². The first-order valence-corrected chi connectivity index (χ1v) is 11.5. The zero-order valence-corrected chi connectivity index (χ0v) is 18.2. The van der Waals surface area contributed by atoms with E-state index in [9.17, 15) is 19.5 Å². The SMILES string of the molecule is N=C(NC(=O)c1ccccc1)c1c(O)n(C2CCCCC2)c(=O)n(C2CCCCC2)c1=O. The third-order valence-electron chi connectivity index (χ3n) is 6.70. The number of rotatable bonds is 4. The molecular weight excluding hydrogens is 408 g/mol. The molecule has 1 amide bonds. The molecular formula is C24H30N4O4. The molecule has 2 fully saturated rings. The number of carbonyl (C=O) groups excluding carboxylic acids is 1. The Morgan fingerprint density at radius 1 is 0.875 bits per heavy atom. The number of aromatic nitrogens is 2. The highest BCUT2D eigenvalue weighted by molar-refractivity contribution is 6.12. The van der Waals surface area contributed by atoms with E-state index in [2.05, 4.69) is 5.32 Å². The number of benzene rings is 1. The fourth-order valence-corrected chi connectivity index (χ4v) is 5.02. The molecule has 170 valence electrons. The first kappa shape index (κ1) is 22.0.